The van der Waals surface area contributed by atoms with Crippen molar-refractivity contribution in [3.63, 3.8) is 0 Å². The minimum Gasteiger partial charge on any atom is -0.494 e. The van der Waals surface area contributed by atoms with E-state index in [0.29, 0.717) is 18.8 Å². The number of H-pyrrole nitrogens is 1. The minimum atomic E-state index is -0.314. The number of imidazole rings is 2. The molecule has 7 heteroatoms. The quantitative estimate of drug-likeness (QED) is 0.650. The number of nitrogens with one attached hydrogen (secondary N) is 1. The van der Waals surface area contributed by atoms with Crippen LogP contribution in [0.15, 0.2) is 41.6 Å². The standard InChI is InChI=1S/C19H24N4O3/c1-3-11-26-16-7-5-15(6-8-16)17-18(24)21-19(25)23(17)10-4-9-22-13-20-12-14(22)2/h5-8,12-13,24H,3-4,9-11H2,1-2H3,(H,21,25). The molecule has 2 aromatic heterocycles. The van der Waals surface area contributed by atoms with Crippen LogP contribution >= 0.6 is 0 Å². The van der Waals surface area contributed by atoms with Crippen molar-refractivity contribution in [1.82, 2.24) is 19.1 Å². The van der Waals surface area contributed by atoms with Crippen LogP contribution in [0.3, 0.4) is 0 Å². The Kier molecular flexibility index (Phi) is 5.46. The van der Waals surface area contributed by atoms with E-state index in [1.54, 1.807) is 10.9 Å². The van der Waals surface area contributed by atoms with Gasteiger partial charge >= 0.3 is 5.69 Å². The molecule has 0 atom stereocenters. The summed E-state index contributed by atoms with van der Waals surface area (Å²) < 4.78 is 9.19. The summed E-state index contributed by atoms with van der Waals surface area (Å²) in [6.07, 6.45) is 5.28. The highest BCUT2D eigenvalue weighted by molar-refractivity contribution is 5.65. The number of hydrogen-bond acceptors (Lipinski definition) is 4. The summed E-state index contributed by atoms with van der Waals surface area (Å²) in [5.41, 5.74) is 2.03. The lowest BCUT2D eigenvalue weighted by molar-refractivity contribution is 0.317. The lowest BCUT2D eigenvalue weighted by atomic mass is 10.1. The van der Waals surface area contributed by atoms with Gasteiger partial charge in [-0.1, -0.05) is 6.92 Å². The van der Waals surface area contributed by atoms with Crippen molar-refractivity contribution in [2.24, 2.45) is 0 Å². The molecular formula is C19H24N4O3. The van der Waals surface area contributed by atoms with Crippen LogP contribution in [0.4, 0.5) is 0 Å². The number of benzene rings is 1. The van der Waals surface area contributed by atoms with E-state index in [-0.39, 0.29) is 11.6 Å². The third kappa shape index (κ3) is 3.82. The van der Waals surface area contributed by atoms with Gasteiger partial charge in [0.25, 0.3) is 0 Å². The van der Waals surface area contributed by atoms with Gasteiger partial charge in [-0.15, -0.1) is 0 Å². The van der Waals surface area contributed by atoms with E-state index in [0.717, 1.165) is 36.4 Å². The van der Waals surface area contributed by atoms with Gasteiger partial charge in [-0.2, -0.15) is 0 Å². The molecule has 0 fully saturated rings. The summed E-state index contributed by atoms with van der Waals surface area (Å²) in [6.45, 7) is 5.96. The van der Waals surface area contributed by atoms with Gasteiger partial charge in [0.1, 0.15) is 11.4 Å². The molecule has 2 N–H and O–H groups in total. The van der Waals surface area contributed by atoms with Crippen molar-refractivity contribution in [1.29, 1.82) is 0 Å². The van der Waals surface area contributed by atoms with Gasteiger partial charge in [-0.3, -0.25) is 9.55 Å². The van der Waals surface area contributed by atoms with Crippen molar-refractivity contribution in [2.75, 3.05) is 6.61 Å². The highest BCUT2D eigenvalue weighted by Gasteiger charge is 2.15. The Morgan fingerprint density at radius 3 is 2.65 bits per heavy atom. The average Bonchev–Trinajstić information content (AvgIpc) is 3.16. The summed E-state index contributed by atoms with van der Waals surface area (Å²) in [5, 5.41) is 10.2. The molecule has 0 aliphatic rings. The summed E-state index contributed by atoms with van der Waals surface area (Å²) >= 11 is 0. The zero-order valence-electron chi connectivity index (χ0n) is 15.1. The predicted octanol–water partition coefficient (Wildman–Crippen LogP) is 2.93. The predicted molar refractivity (Wildman–Crippen MR) is 99.5 cm³/mol. The van der Waals surface area contributed by atoms with E-state index in [1.165, 1.54) is 0 Å². The van der Waals surface area contributed by atoms with Crippen molar-refractivity contribution >= 4 is 0 Å². The van der Waals surface area contributed by atoms with E-state index in [1.807, 2.05) is 42.0 Å². The summed E-state index contributed by atoms with van der Waals surface area (Å²) in [7, 11) is 0. The Morgan fingerprint density at radius 2 is 2.00 bits per heavy atom. The Labute approximate surface area is 151 Å². The Balaban J connectivity index is 1.77. The fourth-order valence-electron chi connectivity index (χ4n) is 2.91. The van der Waals surface area contributed by atoms with Crippen molar-refractivity contribution < 1.29 is 9.84 Å². The molecule has 0 aliphatic heterocycles. The third-order valence-electron chi connectivity index (χ3n) is 4.27. The smallest absolute Gasteiger partial charge is 0.328 e. The largest absolute Gasteiger partial charge is 0.494 e. The monoisotopic (exact) mass is 356 g/mol. The summed E-state index contributed by atoms with van der Waals surface area (Å²) in [6, 6.07) is 7.40. The molecule has 0 aliphatic carbocycles. The van der Waals surface area contributed by atoms with Crippen LogP contribution in [0.25, 0.3) is 11.3 Å². The molecule has 138 valence electrons. The minimum absolute atomic E-state index is 0.115. The van der Waals surface area contributed by atoms with E-state index < -0.39 is 0 Å². The molecule has 0 bridgehead atoms. The van der Waals surface area contributed by atoms with E-state index >= 15 is 0 Å². The SMILES string of the molecule is CCCOc1ccc(-c2c(O)[nH]c(=O)n2CCCn2cncc2C)cc1. The normalized spacial score (nSPS) is 11.0. The molecule has 0 radical (unpaired) electrons. The highest BCUT2D eigenvalue weighted by Crippen LogP contribution is 2.28. The van der Waals surface area contributed by atoms with Gasteiger partial charge in [0.15, 0.2) is 0 Å². The molecule has 3 aromatic rings. The molecule has 0 spiro atoms. The Morgan fingerprint density at radius 1 is 1.23 bits per heavy atom. The van der Waals surface area contributed by atoms with Gasteiger partial charge < -0.3 is 14.4 Å². The van der Waals surface area contributed by atoms with Crippen LogP contribution in [0, 0.1) is 6.92 Å². The second kappa shape index (κ2) is 7.95. The first kappa shape index (κ1) is 17.8. The second-order valence-electron chi connectivity index (χ2n) is 6.23. The molecule has 2 heterocycles. The Hall–Kier alpha value is -2.96. The first-order valence-corrected chi connectivity index (χ1v) is 8.82. The molecule has 0 unspecified atom stereocenters. The molecule has 0 saturated carbocycles. The number of aromatic amines is 1. The summed E-state index contributed by atoms with van der Waals surface area (Å²) in [5.74, 6) is 0.658. The fraction of sp³-hybridized carbons (Fsp3) is 0.368. The van der Waals surface area contributed by atoms with Gasteiger partial charge in [0.2, 0.25) is 5.88 Å². The van der Waals surface area contributed by atoms with Gasteiger partial charge in [-0.05, 0) is 44.0 Å². The maximum atomic E-state index is 12.2. The topological polar surface area (TPSA) is 85.1 Å². The van der Waals surface area contributed by atoms with Gasteiger partial charge in [-0.25, -0.2) is 9.78 Å². The molecule has 0 saturated heterocycles. The van der Waals surface area contributed by atoms with Crippen LogP contribution in [0.5, 0.6) is 11.6 Å². The molecule has 0 amide bonds. The van der Waals surface area contributed by atoms with Crippen LogP contribution in [0.2, 0.25) is 0 Å². The number of aromatic hydroxyl groups is 1. The van der Waals surface area contributed by atoms with Crippen LogP contribution in [-0.4, -0.2) is 30.8 Å². The molecule has 1 aromatic carbocycles. The van der Waals surface area contributed by atoms with Crippen LogP contribution in [0.1, 0.15) is 25.5 Å². The van der Waals surface area contributed by atoms with E-state index in [9.17, 15) is 9.90 Å². The van der Waals surface area contributed by atoms with Gasteiger partial charge in [0.05, 0.1) is 12.9 Å². The number of ether oxygens (including phenoxy) is 1. The Bertz CT molecular complexity index is 906. The lowest BCUT2D eigenvalue weighted by Gasteiger charge is -2.10. The number of hydrogen-bond donors (Lipinski definition) is 2. The fourth-order valence-corrected chi connectivity index (χ4v) is 2.91. The summed E-state index contributed by atoms with van der Waals surface area (Å²) in [4.78, 5) is 18.8. The van der Waals surface area contributed by atoms with E-state index in [2.05, 4.69) is 16.9 Å². The van der Waals surface area contributed by atoms with Gasteiger partial charge in [0, 0.05) is 30.5 Å². The zero-order chi connectivity index (χ0) is 18.5. The molecule has 26 heavy (non-hydrogen) atoms. The average molecular weight is 356 g/mol. The highest BCUT2D eigenvalue weighted by atomic mass is 16.5. The van der Waals surface area contributed by atoms with Crippen molar-refractivity contribution in [3.8, 4) is 22.9 Å². The number of nitrogens with zero attached hydrogens (tertiary/aromatic N) is 3. The number of rotatable bonds is 8. The maximum Gasteiger partial charge on any atom is 0.328 e. The lowest BCUT2D eigenvalue weighted by Crippen LogP contribution is -2.18. The maximum absolute atomic E-state index is 12.2. The number of aryl methyl sites for hydroxylation is 2. The molecule has 7 nitrogen and oxygen atoms in total. The zero-order valence-corrected chi connectivity index (χ0v) is 15.1. The first-order valence-electron chi connectivity index (χ1n) is 8.82. The molecular weight excluding hydrogens is 332 g/mol. The first-order chi connectivity index (χ1) is 12.6. The molecule has 3 rings (SSSR count). The van der Waals surface area contributed by atoms with Crippen molar-refractivity contribution in [2.45, 2.75) is 39.8 Å². The van der Waals surface area contributed by atoms with Crippen molar-refractivity contribution in [3.05, 3.63) is 53.0 Å². The third-order valence-corrected chi connectivity index (χ3v) is 4.27. The number of aromatic nitrogens is 4. The van der Waals surface area contributed by atoms with Crippen LogP contribution in [-0.2, 0) is 13.1 Å². The van der Waals surface area contributed by atoms with E-state index in [4.69, 9.17) is 4.74 Å². The van der Waals surface area contributed by atoms with Crippen LogP contribution < -0.4 is 10.4 Å². The second-order valence-corrected chi connectivity index (χ2v) is 6.23.